The van der Waals surface area contributed by atoms with Crippen LogP contribution in [0.15, 0.2) is 18.3 Å². The largest absolute Gasteiger partial charge is 0.467 e. The van der Waals surface area contributed by atoms with E-state index in [-0.39, 0.29) is 11.8 Å². The molecule has 2 heterocycles. The molecule has 1 aromatic rings. The minimum absolute atomic E-state index is 0.0233. The van der Waals surface area contributed by atoms with E-state index >= 15 is 0 Å². The van der Waals surface area contributed by atoms with Crippen LogP contribution in [0.5, 0.6) is 0 Å². The number of hydrogen-bond donors (Lipinski definition) is 1. The van der Waals surface area contributed by atoms with E-state index in [1.165, 1.54) is 12.0 Å². The first-order valence-electron chi connectivity index (χ1n) is 10.6. The predicted molar refractivity (Wildman–Crippen MR) is 111 cm³/mol. The highest BCUT2D eigenvalue weighted by molar-refractivity contribution is 6.04. The number of aromatic nitrogens is 1. The van der Waals surface area contributed by atoms with E-state index in [1.807, 2.05) is 6.07 Å². The Morgan fingerprint density at radius 2 is 1.90 bits per heavy atom. The van der Waals surface area contributed by atoms with Gasteiger partial charge in [0.25, 0.3) is 5.91 Å². The number of alkyl carbamates (subject to hydrolysis) is 1. The van der Waals surface area contributed by atoms with Gasteiger partial charge in [-0.1, -0.05) is 25.3 Å². The summed E-state index contributed by atoms with van der Waals surface area (Å²) < 4.78 is 10.4. The summed E-state index contributed by atoms with van der Waals surface area (Å²) in [4.78, 5) is 44.5. The lowest BCUT2D eigenvalue weighted by Crippen LogP contribution is -2.56. The minimum Gasteiger partial charge on any atom is -0.467 e. The maximum Gasteiger partial charge on any atom is 0.408 e. The molecule has 0 saturated heterocycles. The van der Waals surface area contributed by atoms with E-state index in [0.717, 1.165) is 37.7 Å². The first-order chi connectivity index (χ1) is 14.2. The van der Waals surface area contributed by atoms with Crippen LogP contribution in [-0.4, -0.2) is 47.7 Å². The number of amides is 2. The molecule has 30 heavy (non-hydrogen) atoms. The van der Waals surface area contributed by atoms with Crippen molar-refractivity contribution in [3.63, 3.8) is 0 Å². The van der Waals surface area contributed by atoms with Crippen LogP contribution >= 0.6 is 0 Å². The van der Waals surface area contributed by atoms with Crippen molar-refractivity contribution in [3.05, 3.63) is 23.9 Å². The number of anilines is 1. The van der Waals surface area contributed by atoms with E-state index < -0.39 is 29.7 Å². The van der Waals surface area contributed by atoms with E-state index in [9.17, 15) is 14.4 Å². The number of ether oxygens (including phenoxy) is 2. The number of hydrogen-bond acceptors (Lipinski definition) is 6. The molecule has 3 rings (SSSR count). The number of carbonyl (C=O) groups excluding carboxylic acids is 3. The quantitative estimate of drug-likeness (QED) is 0.757. The molecule has 0 aromatic carbocycles. The van der Waals surface area contributed by atoms with Gasteiger partial charge < -0.3 is 14.8 Å². The number of carbonyl (C=O) groups is 3. The van der Waals surface area contributed by atoms with Gasteiger partial charge >= 0.3 is 12.1 Å². The van der Waals surface area contributed by atoms with Gasteiger partial charge in [0.15, 0.2) is 0 Å². The number of fused-ring (bicyclic) bond motifs is 1. The summed E-state index contributed by atoms with van der Waals surface area (Å²) >= 11 is 0. The summed E-state index contributed by atoms with van der Waals surface area (Å²) in [6.45, 7) is 5.33. The highest BCUT2D eigenvalue weighted by Crippen LogP contribution is 2.34. The molecule has 1 fully saturated rings. The Morgan fingerprint density at radius 3 is 2.53 bits per heavy atom. The zero-order valence-electron chi connectivity index (χ0n) is 18.1. The molecule has 2 atom stereocenters. The summed E-state index contributed by atoms with van der Waals surface area (Å²) in [7, 11) is 1.30. The fraction of sp³-hybridized carbons (Fsp3) is 0.636. The topological polar surface area (TPSA) is 97.8 Å². The van der Waals surface area contributed by atoms with E-state index in [1.54, 1.807) is 33.0 Å². The summed E-state index contributed by atoms with van der Waals surface area (Å²) in [6.07, 6.45) is 6.07. The maximum absolute atomic E-state index is 13.7. The fourth-order valence-electron chi connectivity index (χ4n) is 4.27. The number of esters is 1. The van der Waals surface area contributed by atoms with Crippen LogP contribution in [0.2, 0.25) is 0 Å². The van der Waals surface area contributed by atoms with Crippen molar-refractivity contribution in [2.75, 3.05) is 12.0 Å². The van der Waals surface area contributed by atoms with Crippen molar-refractivity contribution in [3.8, 4) is 0 Å². The standard InChI is InChI=1S/C22H31N3O5/c1-22(2,3)30-21(28)24-17(14-9-6-5-7-10-14)19(26)25-16(20(27)29-4)13-15-11-8-12-23-18(15)25/h8,11-12,14,16-17H,5-7,9-10,13H2,1-4H3,(H,24,28)/t16?,17-/m0/s1. The fourth-order valence-corrected chi connectivity index (χ4v) is 4.27. The van der Waals surface area contributed by atoms with E-state index in [0.29, 0.717) is 12.2 Å². The van der Waals surface area contributed by atoms with Crippen molar-refractivity contribution in [2.24, 2.45) is 5.92 Å². The third-order valence-electron chi connectivity index (χ3n) is 5.59. The Bertz CT molecular complexity index is 798. The number of nitrogens with zero attached hydrogens (tertiary/aromatic N) is 2. The Balaban J connectivity index is 1.91. The van der Waals surface area contributed by atoms with Crippen molar-refractivity contribution < 1.29 is 23.9 Å². The van der Waals surface area contributed by atoms with E-state index in [2.05, 4.69) is 10.3 Å². The molecule has 1 aliphatic heterocycles. The molecule has 2 aliphatic rings. The van der Waals surface area contributed by atoms with Gasteiger partial charge in [-0.05, 0) is 51.2 Å². The molecule has 1 unspecified atom stereocenters. The van der Waals surface area contributed by atoms with Crippen LogP contribution in [0.25, 0.3) is 0 Å². The lowest BCUT2D eigenvalue weighted by Gasteiger charge is -2.34. The molecule has 164 valence electrons. The van der Waals surface area contributed by atoms with Crippen molar-refractivity contribution in [1.82, 2.24) is 10.3 Å². The second-order valence-electron chi connectivity index (χ2n) is 8.96. The first-order valence-corrected chi connectivity index (χ1v) is 10.6. The molecule has 1 saturated carbocycles. The Morgan fingerprint density at radius 1 is 1.20 bits per heavy atom. The summed E-state index contributed by atoms with van der Waals surface area (Å²) in [6, 6.07) is 2.04. The SMILES string of the molecule is COC(=O)C1Cc2cccnc2N1C(=O)[C@@H](NC(=O)OC(C)(C)C)C1CCCCC1. The molecular formula is C22H31N3O5. The summed E-state index contributed by atoms with van der Waals surface area (Å²) in [5.74, 6) is -0.420. The zero-order valence-corrected chi connectivity index (χ0v) is 18.1. The van der Waals surface area contributed by atoms with Gasteiger partial charge in [0, 0.05) is 12.6 Å². The van der Waals surface area contributed by atoms with Crippen molar-refractivity contribution in [2.45, 2.75) is 77.0 Å². The molecule has 8 heteroatoms. The van der Waals surface area contributed by atoms with Gasteiger partial charge in [0.2, 0.25) is 0 Å². The molecule has 8 nitrogen and oxygen atoms in total. The third kappa shape index (κ3) is 4.91. The second kappa shape index (κ2) is 9.02. The van der Waals surface area contributed by atoms with Crippen LogP contribution in [0, 0.1) is 5.92 Å². The third-order valence-corrected chi connectivity index (χ3v) is 5.59. The molecule has 1 aliphatic carbocycles. The van der Waals surface area contributed by atoms with Gasteiger partial charge in [-0.3, -0.25) is 9.69 Å². The number of nitrogens with one attached hydrogen (secondary N) is 1. The lowest BCUT2D eigenvalue weighted by atomic mass is 9.83. The van der Waals surface area contributed by atoms with Gasteiger partial charge in [0.1, 0.15) is 23.5 Å². The normalized spacial score (nSPS) is 20.3. The molecule has 2 amide bonds. The van der Waals surface area contributed by atoms with Gasteiger partial charge in [-0.25, -0.2) is 14.6 Å². The Kier molecular flexibility index (Phi) is 6.63. The molecule has 0 spiro atoms. The van der Waals surface area contributed by atoms with Crippen molar-refractivity contribution in [1.29, 1.82) is 0 Å². The number of pyridine rings is 1. The monoisotopic (exact) mass is 417 g/mol. The summed E-state index contributed by atoms with van der Waals surface area (Å²) in [5.41, 5.74) is 0.126. The maximum atomic E-state index is 13.7. The number of rotatable bonds is 4. The average molecular weight is 418 g/mol. The summed E-state index contributed by atoms with van der Waals surface area (Å²) in [5, 5.41) is 2.80. The van der Waals surface area contributed by atoms with Gasteiger partial charge in [-0.2, -0.15) is 0 Å². The van der Waals surface area contributed by atoms with Crippen LogP contribution in [0.1, 0.15) is 58.4 Å². The molecule has 1 N–H and O–H groups in total. The second-order valence-corrected chi connectivity index (χ2v) is 8.96. The smallest absolute Gasteiger partial charge is 0.408 e. The number of methoxy groups -OCH3 is 1. The van der Waals surface area contributed by atoms with Gasteiger partial charge in [-0.15, -0.1) is 0 Å². The van der Waals surface area contributed by atoms with Crippen LogP contribution in [0.4, 0.5) is 10.6 Å². The van der Waals surface area contributed by atoms with Crippen LogP contribution in [0.3, 0.4) is 0 Å². The molecule has 1 aromatic heterocycles. The lowest BCUT2D eigenvalue weighted by molar-refractivity contribution is -0.143. The predicted octanol–water partition coefficient (Wildman–Crippen LogP) is 2.99. The minimum atomic E-state index is -0.793. The van der Waals surface area contributed by atoms with Crippen molar-refractivity contribution >= 4 is 23.8 Å². The molecular weight excluding hydrogens is 386 g/mol. The Hall–Kier alpha value is -2.64. The van der Waals surface area contributed by atoms with Crippen LogP contribution < -0.4 is 10.2 Å². The average Bonchev–Trinajstić information content (AvgIpc) is 3.10. The first kappa shape index (κ1) is 22.1. The van der Waals surface area contributed by atoms with Crippen LogP contribution in [-0.2, 0) is 25.5 Å². The highest BCUT2D eigenvalue weighted by atomic mass is 16.6. The molecule has 0 bridgehead atoms. The highest BCUT2D eigenvalue weighted by Gasteiger charge is 2.45. The van der Waals surface area contributed by atoms with E-state index in [4.69, 9.17) is 9.47 Å². The molecule has 0 radical (unpaired) electrons. The Labute approximate surface area is 177 Å². The van der Waals surface area contributed by atoms with Gasteiger partial charge in [0.05, 0.1) is 7.11 Å². The zero-order chi connectivity index (χ0) is 21.9.